The van der Waals surface area contributed by atoms with E-state index in [1.54, 1.807) is 61.5 Å². The second-order valence-corrected chi connectivity index (χ2v) is 12.5. The SMILES string of the molecule is Cc1ccccc1N(CC(=O)N(Cc1ccc(F)cc1)C(Cc1ccccc1)C(=O)NC(C)C)S(=O)(=O)c1ccccc1. The van der Waals surface area contributed by atoms with E-state index in [1.165, 1.54) is 29.2 Å². The molecule has 0 saturated heterocycles. The van der Waals surface area contributed by atoms with Gasteiger partial charge >= 0.3 is 0 Å². The van der Waals surface area contributed by atoms with Crippen LogP contribution in [0.3, 0.4) is 0 Å². The number of rotatable bonds is 12. The highest BCUT2D eigenvalue weighted by Crippen LogP contribution is 2.27. The molecule has 2 amide bonds. The van der Waals surface area contributed by atoms with Crippen LogP contribution in [-0.4, -0.2) is 43.8 Å². The standard InChI is InChI=1S/C34H36FN3O4S/c1-25(2)36-34(40)32(22-27-13-6-4-7-14-27)37(23-28-18-20-29(35)21-19-28)33(39)24-38(31-17-11-10-12-26(31)3)43(41,42)30-15-8-5-9-16-30/h4-21,25,32H,22-24H2,1-3H3,(H,36,40). The van der Waals surface area contributed by atoms with Crippen LogP contribution in [0.4, 0.5) is 10.1 Å². The Labute approximate surface area is 253 Å². The Morgan fingerprint density at radius 1 is 0.791 bits per heavy atom. The molecule has 0 aromatic heterocycles. The van der Waals surface area contributed by atoms with E-state index in [9.17, 15) is 22.4 Å². The molecule has 0 fully saturated rings. The summed E-state index contributed by atoms with van der Waals surface area (Å²) in [6, 6.07) is 28.7. The van der Waals surface area contributed by atoms with Crippen molar-refractivity contribution >= 4 is 27.5 Å². The first-order valence-corrected chi connectivity index (χ1v) is 15.5. The molecule has 4 rings (SSSR count). The molecular weight excluding hydrogens is 565 g/mol. The van der Waals surface area contributed by atoms with Crippen molar-refractivity contribution in [3.63, 3.8) is 0 Å². The van der Waals surface area contributed by atoms with Crippen molar-refractivity contribution in [2.24, 2.45) is 0 Å². The van der Waals surface area contributed by atoms with Gasteiger partial charge in [0.25, 0.3) is 10.0 Å². The number of nitrogens with one attached hydrogen (secondary N) is 1. The summed E-state index contributed by atoms with van der Waals surface area (Å²) in [6.07, 6.45) is 0.197. The normalized spacial score (nSPS) is 12.0. The number of anilines is 1. The van der Waals surface area contributed by atoms with Gasteiger partial charge in [-0.15, -0.1) is 0 Å². The predicted molar refractivity (Wildman–Crippen MR) is 166 cm³/mol. The molecule has 1 N–H and O–H groups in total. The zero-order chi connectivity index (χ0) is 31.0. The fourth-order valence-electron chi connectivity index (χ4n) is 4.80. The molecule has 224 valence electrons. The summed E-state index contributed by atoms with van der Waals surface area (Å²) in [5, 5.41) is 2.92. The van der Waals surface area contributed by atoms with E-state index >= 15 is 0 Å². The van der Waals surface area contributed by atoms with Crippen LogP contribution < -0.4 is 9.62 Å². The first kappa shape index (κ1) is 31.4. The molecule has 43 heavy (non-hydrogen) atoms. The summed E-state index contributed by atoms with van der Waals surface area (Å²) in [5.74, 6) is -1.38. The Kier molecular flexibility index (Phi) is 10.3. The number of hydrogen-bond donors (Lipinski definition) is 1. The van der Waals surface area contributed by atoms with Gasteiger partial charge in [0, 0.05) is 19.0 Å². The molecular formula is C34H36FN3O4S. The van der Waals surface area contributed by atoms with Crippen LogP contribution in [0.15, 0.2) is 114 Å². The van der Waals surface area contributed by atoms with Crippen LogP contribution in [0.25, 0.3) is 0 Å². The fraction of sp³-hybridized carbons (Fsp3) is 0.235. The van der Waals surface area contributed by atoms with Crippen LogP contribution in [0.2, 0.25) is 0 Å². The number of amides is 2. The third kappa shape index (κ3) is 8.08. The number of para-hydroxylation sites is 1. The van der Waals surface area contributed by atoms with Crippen LogP contribution in [-0.2, 0) is 32.6 Å². The second kappa shape index (κ2) is 14.1. The summed E-state index contributed by atoms with van der Waals surface area (Å²) in [7, 11) is -4.17. The third-order valence-corrected chi connectivity index (χ3v) is 8.74. The smallest absolute Gasteiger partial charge is 0.264 e. The summed E-state index contributed by atoms with van der Waals surface area (Å²) in [4.78, 5) is 29.5. The number of carbonyl (C=O) groups is 2. The minimum absolute atomic E-state index is 0.0326. The van der Waals surface area contributed by atoms with Gasteiger partial charge in [0.1, 0.15) is 18.4 Å². The number of halogens is 1. The molecule has 0 aliphatic carbocycles. The zero-order valence-electron chi connectivity index (χ0n) is 24.5. The number of hydrogen-bond acceptors (Lipinski definition) is 4. The van der Waals surface area contributed by atoms with E-state index in [-0.39, 0.29) is 29.8 Å². The molecule has 0 spiro atoms. The molecule has 0 bridgehead atoms. The molecule has 4 aromatic carbocycles. The van der Waals surface area contributed by atoms with Crippen LogP contribution >= 0.6 is 0 Å². The summed E-state index contributed by atoms with van der Waals surface area (Å²) in [5.41, 5.74) is 2.44. The van der Waals surface area contributed by atoms with Crippen LogP contribution in [0, 0.1) is 12.7 Å². The molecule has 0 radical (unpaired) electrons. The lowest BCUT2D eigenvalue weighted by Gasteiger charge is -2.34. The molecule has 0 aliphatic rings. The van der Waals surface area contributed by atoms with E-state index in [2.05, 4.69) is 5.32 Å². The van der Waals surface area contributed by atoms with E-state index < -0.39 is 34.3 Å². The lowest BCUT2D eigenvalue weighted by Crippen LogP contribution is -2.54. The Balaban J connectivity index is 1.80. The first-order valence-electron chi connectivity index (χ1n) is 14.1. The third-order valence-electron chi connectivity index (χ3n) is 6.96. The average Bonchev–Trinajstić information content (AvgIpc) is 2.99. The number of aryl methyl sites for hydroxylation is 1. The predicted octanol–water partition coefficient (Wildman–Crippen LogP) is 5.49. The quantitative estimate of drug-likeness (QED) is 0.233. The largest absolute Gasteiger partial charge is 0.352 e. The van der Waals surface area contributed by atoms with Gasteiger partial charge in [0.15, 0.2) is 0 Å². The number of carbonyl (C=O) groups excluding carboxylic acids is 2. The Hall–Kier alpha value is -4.50. The van der Waals surface area contributed by atoms with Gasteiger partial charge in [-0.3, -0.25) is 13.9 Å². The van der Waals surface area contributed by atoms with E-state index in [4.69, 9.17) is 0 Å². The Morgan fingerprint density at radius 2 is 1.37 bits per heavy atom. The maximum Gasteiger partial charge on any atom is 0.264 e. The van der Waals surface area contributed by atoms with E-state index in [1.807, 2.05) is 44.2 Å². The van der Waals surface area contributed by atoms with Crippen molar-refractivity contribution in [1.82, 2.24) is 10.2 Å². The highest BCUT2D eigenvalue weighted by atomic mass is 32.2. The molecule has 7 nitrogen and oxygen atoms in total. The minimum Gasteiger partial charge on any atom is -0.352 e. The van der Waals surface area contributed by atoms with Gasteiger partial charge in [-0.25, -0.2) is 12.8 Å². The van der Waals surface area contributed by atoms with Gasteiger partial charge in [-0.2, -0.15) is 0 Å². The molecule has 9 heteroatoms. The van der Waals surface area contributed by atoms with Crippen molar-refractivity contribution in [3.05, 3.63) is 132 Å². The number of benzene rings is 4. The minimum atomic E-state index is -4.17. The lowest BCUT2D eigenvalue weighted by atomic mass is 10.0. The second-order valence-electron chi connectivity index (χ2n) is 10.6. The van der Waals surface area contributed by atoms with E-state index in [0.717, 1.165) is 9.87 Å². The van der Waals surface area contributed by atoms with Crippen molar-refractivity contribution in [3.8, 4) is 0 Å². The maximum absolute atomic E-state index is 14.4. The highest BCUT2D eigenvalue weighted by Gasteiger charge is 2.35. The molecule has 0 heterocycles. The van der Waals surface area contributed by atoms with Gasteiger partial charge in [-0.05, 0) is 67.8 Å². The van der Waals surface area contributed by atoms with Crippen molar-refractivity contribution < 1.29 is 22.4 Å². The van der Waals surface area contributed by atoms with Gasteiger partial charge in [0.2, 0.25) is 11.8 Å². The Morgan fingerprint density at radius 3 is 1.98 bits per heavy atom. The highest BCUT2D eigenvalue weighted by molar-refractivity contribution is 7.92. The maximum atomic E-state index is 14.4. The van der Waals surface area contributed by atoms with Crippen molar-refractivity contribution in [1.29, 1.82) is 0 Å². The van der Waals surface area contributed by atoms with Gasteiger partial charge < -0.3 is 10.2 Å². The molecule has 0 saturated carbocycles. The summed E-state index contributed by atoms with van der Waals surface area (Å²) < 4.78 is 42.9. The lowest BCUT2D eigenvalue weighted by molar-refractivity contribution is -0.140. The topological polar surface area (TPSA) is 86.8 Å². The van der Waals surface area contributed by atoms with Crippen LogP contribution in [0.5, 0.6) is 0 Å². The number of sulfonamides is 1. The monoisotopic (exact) mass is 601 g/mol. The summed E-state index contributed by atoms with van der Waals surface area (Å²) in [6.45, 7) is 4.85. The molecule has 4 aromatic rings. The Bertz CT molecular complexity index is 1630. The molecule has 1 atom stereocenters. The zero-order valence-corrected chi connectivity index (χ0v) is 25.3. The molecule has 1 unspecified atom stereocenters. The average molecular weight is 602 g/mol. The first-order chi connectivity index (χ1) is 20.6. The summed E-state index contributed by atoms with van der Waals surface area (Å²) >= 11 is 0. The number of nitrogens with zero attached hydrogens (tertiary/aromatic N) is 2. The van der Waals surface area contributed by atoms with Crippen molar-refractivity contribution in [2.75, 3.05) is 10.8 Å². The van der Waals surface area contributed by atoms with Crippen LogP contribution in [0.1, 0.15) is 30.5 Å². The van der Waals surface area contributed by atoms with Gasteiger partial charge in [0.05, 0.1) is 10.6 Å². The van der Waals surface area contributed by atoms with Gasteiger partial charge in [-0.1, -0.05) is 78.9 Å². The van der Waals surface area contributed by atoms with E-state index in [0.29, 0.717) is 16.8 Å². The fourth-order valence-corrected chi connectivity index (χ4v) is 6.30. The molecule has 0 aliphatic heterocycles. The van der Waals surface area contributed by atoms with Crippen molar-refractivity contribution in [2.45, 2.75) is 50.7 Å².